The Morgan fingerprint density at radius 1 is 1.04 bits per heavy atom. The van der Waals surface area contributed by atoms with Crippen LogP contribution in [0.4, 0.5) is 13.2 Å². The van der Waals surface area contributed by atoms with E-state index in [4.69, 9.17) is 4.74 Å². The van der Waals surface area contributed by atoms with E-state index in [1.807, 2.05) is 0 Å². The first-order chi connectivity index (χ1) is 11.6. The summed E-state index contributed by atoms with van der Waals surface area (Å²) >= 11 is 0. The molecule has 0 heterocycles. The van der Waals surface area contributed by atoms with E-state index in [1.165, 1.54) is 31.4 Å². The van der Waals surface area contributed by atoms with Gasteiger partial charge in [-0.05, 0) is 36.8 Å². The number of alkyl halides is 3. The maximum Gasteiger partial charge on any atom is 0.573 e. The van der Waals surface area contributed by atoms with E-state index in [1.54, 1.807) is 19.1 Å². The van der Waals surface area contributed by atoms with Crippen molar-refractivity contribution in [2.45, 2.75) is 24.2 Å². The fourth-order valence-corrected chi connectivity index (χ4v) is 3.57. The van der Waals surface area contributed by atoms with Crippen molar-refractivity contribution in [3.63, 3.8) is 0 Å². The highest BCUT2D eigenvalue weighted by atomic mass is 32.2. The number of hydrogen-bond donors (Lipinski definition) is 1. The second-order valence-corrected chi connectivity index (χ2v) is 6.79. The van der Waals surface area contributed by atoms with Crippen molar-refractivity contribution in [3.05, 3.63) is 54.1 Å². The van der Waals surface area contributed by atoms with Crippen LogP contribution in [0.15, 0.2) is 53.4 Å². The van der Waals surface area contributed by atoms with Crippen molar-refractivity contribution in [1.29, 1.82) is 0 Å². The standard InChI is InChI=1S/C16H16F3NO4S/c1-11(12-7-9-13(10-8-12)24-16(17,18)19)20-25(21,22)15-6-4-3-5-14(15)23-2/h3-11,20H,1-2H3. The lowest BCUT2D eigenvalue weighted by atomic mass is 10.1. The molecule has 0 aliphatic carbocycles. The van der Waals surface area contributed by atoms with Gasteiger partial charge in [-0.15, -0.1) is 13.2 Å². The van der Waals surface area contributed by atoms with E-state index in [0.717, 1.165) is 12.1 Å². The van der Waals surface area contributed by atoms with Crippen LogP contribution in [-0.4, -0.2) is 21.9 Å². The highest BCUT2D eigenvalue weighted by Gasteiger charge is 2.31. The number of rotatable bonds is 6. The van der Waals surface area contributed by atoms with Crippen LogP contribution in [0.5, 0.6) is 11.5 Å². The first-order valence-corrected chi connectivity index (χ1v) is 8.62. The third kappa shape index (κ3) is 5.10. The first kappa shape index (κ1) is 19.1. The van der Waals surface area contributed by atoms with E-state index in [2.05, 4.69) is 9.46 Å². The molecular weight excluding hydrogens is 359 g/mol. The zero-order valence-electron chi connectivity index (χ0n) is 13.4. The van der Waals surface area contributed by atoms with E-state index < -0.39 is 22.4 Å². The maximum atomic E-state index is 12.5. The van der Waals surface area contributed by atoms with E-state index in [0.29, 0.717) is 5.56 Å². The van der Waals surface area contributed by atoms with Gasteiger partial charge in [-0.2, -0.15) is 0 Å². The largest absolute Gasteiger partial charge is 0.573 e. The molecule has 5 nitrogen and oxygen atoms in total. The second kappa shape index (κ2) is 7.32. The quantitative estimate of drug-likeness (QED) is 0.837. The Hall–Kier alpha value is -2.26. The molecule has 136 valence electrons. The Bertz CT molecular complexity index is 820. The summed E-state index contributed by atoms with van der Waals surface area (Å²) < 4.78 is 72.7. The zero-order chi connectivity index (χ0) is 18.7. The van der Waals surface area contributed by atoms with Gasteiger partial charge in [0.15, 0.2) is 0 Å². The van der Waals surface area contributed by atoms with Crippen molar-refractivity contribution < 1.29 is 31.1 Å². The Labute approximate surface area is 143 Å². The fourth-order valence-electron chi connectivity index (χ4n) is 2.16. The first-order valence-electron chi connectivity index (χ1n) is 7.13. The molecule has 9 heteroatoms. The SMILES string of the molecule is COc1ccccc1S(=O)(=O)NC(C)c1ccc(OC(F)(F)F)cc1. The van der Waals surface area contributed by atoms with Crippen LogP contribution in [0, 0.1) is 0 Å². The Kier molecular flexibility index (Phi) is 5.58. The summed E-state index contributed by atoms with van der Waals surface area (Å²) in [6.45, 7) is 1.58. The molecule has 1 unspecified atom stereocenters. The molecule has 2 aromatic carbocycles. The third-order valence-electron chi connectivity index (χ3n) is 3.30. The second-order valence-electron chi connectivity index (χ2n) is 5.11. The lowest BCUT2D eigenvalue weighted by Crippen LogP contribution is -2.27. The van der Waals surface area contributed by atoms with Crippen LogP contribution in [-0.2, 0) is 10.0 Å². The van der Waals surface area contributed by atoms with Crippen molar-refractivity contribution in [2.75, 3.05) is 7.11 Å². The number of halogens is 3. The van der Waals surface area contributed by atoms with E-state index in [-0.39, 0.29) is 16.4 Å². The molecule has 1 atom stereocenters. The van der Waals surface area contributed by atoms with Gasteiger partial charge in [0.1, 0.15) is 16.4 Å². The van der Waals surface area contributed by atoms with Crippen LogP contribution in [0.1, 0.15) is 18.5 Å². The molecular formula is C16H16F3NO4S. The van der Waals surface area contributed by atoms with Gasteiger partial charge in [0, 0.05) is 6.04 Å². The average Bonchev–Trinajstić information content (AvgIpc) is 2.53. The van der Waals surface area contributed by atoms with Crippen LogP contribution in [0.25, 0.3) is 0 Å². The molecule has 0 bridgehead atoms. The molecule has 25 heavy (non-hydrogen) atoms. The summed E-state index contributed by atoms with van der Waals surface area (Å²) in [6.07, 6.45) is -4.78. The summed E-state index contributed by atoms with van der Waals surface area (Å²) in [5.41, 5.74) is 0.480. The van der Waals surface area contributed by atoms with Gasteiger partial charge in [0.05, 0.1) is 7.11 Å². The van der Waals surface area contributed by atoms with Gasteiger partial charge in [0.2, 0.25) is 10.0 Å². The van der Waals surface area contributed by atoms with Crippen molar-refractivity contribution in [2.24, 2.45) is 0 Å². The molecule has 0 fully saturated rings. The van der Waals surface area contributed by atoms with Gasteiger partial charge < -0.3 is 9.47 Å². The van der Waals surface area contributed by atoms with Crippen molar-refractivity contribution in [1.82, 2.24) is 4.72 Å². The van der Waals surface area contributed by atoms with Gasteiger partial charge in [-0.3, -0.25) is 0 Å². The van der Waals surface area contributed by atoms with Crippen LogP contribution >= 0.6 is 0 Å². The van der Waals surface area contributed by atoms with Gasteiger partial charge in [0.25, 0.3) is 0 Å². The normalized spacial score (nSPS) is 13.3. The highest BCUT2D eigenvalue weighted by molar-refractivity contribution is 7.89. The molecule has 1 N–H and O–H groups in total. The average molecular weight is 375 g/mol. The fraction of sp³-hybridized carbons (Fsp3) is 0.250. The lowest BCUT2D eigenvalue weighted by molar-refractivity contribution is -0.274. The topological polar surface area (TPSA) is 64.6 Å². The van der Waals surface area contributed by atoms with Gasteiger partial charge in [-0.25, -0.2) is 13.1 Å². The number of sulfonamides is 1. The van der Waals surface area contributed by atoms with E-state index in [9.17, 15) is 21.6 Å². The molecule has 0 amide bonds. The zero-order valence-corrected chi connectivity index (χ0v) is 14.2. The minimum absolute atomic E-state index is 0.0265. The molecule has 0 saturated heterocycles. The summed E-state index contributed by atoms with van der Waals surface area (Å²) in [5.74, 6) is -0.188. The van der Waals surface area contributed by atoms with E-state index >= 15 is 0 Å². The molecule has 0 spiro atoms. The summed E-state index contributed by atoms with van der Waals surface area (Å²) in [7, 11) is -2.52. The monoisotopic (exact) mass is 375 g/mol. The predicted molar refractivity (Wildman–Crippen MR) is 84.9 cm³/mol. The van der Waals surface area contributed by atoms with Gasteiger partial charge in [-0.1, -0.05) is 24.3 Å². The molecule has 2 aromatic rings. The minimum Gasteiger partial charge on any atom is -0.495 e. The molecule has 0 aliphatic heterocycles. The van der Waals surface area contributed by atoms with Crippen molar-refractivity contribution in [3.8, 4) is 11.5 Å². The Morgan fingerprint density at radius 2 is 1.64 bits per heavy atom. The van der Waals surface area contributed by atoms with Crippen LogP contribution in [0.3, 0.4) is 0 Å². The summed E-state index contributed by atoms with van der Waals surface area (Å²) in [5, 5.41) is 0. The summed E-state index contributed by atoms with van der Waals surface area (Å²) in [4.78, 5) is -0.0265. The number of hydrogen-bond acceptors (Lipinski definition) is 4. The summed E-state index contributed by atoms with van der Waals surface area (Å²) in [6, 6.07) is 10.4. The number of ether oxygens (including phenoxy) is 2. The highest BCUT2D eigenvalue weighted by Crippen LogP contribution is 2.27. The van der Waals surface area contributed by atoms with Gasteiger partial charge >= 0.3 is 6.36 Å². The number of methoxy groups -OCH3 is 1. The molecule has 0 saturated carbocycles. The third-order valence-corrected chi connectivity index (χ3v) is 4.88. The Morgan fingerprint density at radius 3 is 2.20 bits per heavy atom. The molecule has 0 radical (unpaired) electrons. The Balaban J connectivity index is 2.17. The van der Waals surface area contributed by atoms with Crippen LogP contribution < -0.4 is 14.2 Å². The lowest BCUT2D eigenvalue weighted by Gasteiger charge is -2.17. The predicted octanol–water partition coefficient (Wildman–Crippen LogP) is 3.63. The number of nitrogens with one attached hydrogen (secondary N) is 1. The smallest absolute Gasteiger partial charge is 0.495 e. The molecule has 0 aromatic heterocycles. The minimum atomic E-state index is -4.78. The number of para-hydroxylation sites is 1. The molecule has 2 rings (SSSR count). The maximum absolute atomic E-state index is 12.5. The van der Waals surface area contributed by atoms with Crippen LogP contribution in [0.2, 0.25) is 0 Å². The van der Waals surface area contributed by atoms with Crippen molar-refractivity contribution >= 4 is 10.0 Å². The number of benzene rings is 2. The molecule has 0 aliphatic rings.